The number of halogens is 1. The minimum absolute atomic E-state index is 0.102. The maximum atomic E-state index is 14.1. The van der Waals surface area contributed by atoms with Gasteiger partial charge in [0.05, 0.1) is 23.2 Å². The molecule has 4 nitrogen and oxygen atoms in total. The molecule has 5 atom stereocenters. The highest BCUT2D eigenvalue weighted by Crippen LogP contribution is 2.65. The topological polar surface area (TPSA) is 38.8 Å². The number of likely N-dealkylation sites (tertiary alicyclic amines) is 1. The number of benzene rings is 1. The molecule has 6 rings (SSSR count). The maximum Gasteiger partial charge on any atom is 0.481 e. The van der Waals surface area contributed by atoms with Crippen LogP contribution in [0.3, 0.4) is 0 Å². The molecule has 0 unspecified atom stereocenters. The van der Waals surface area contributed by atoms with Gasteiger partial charge in [0.1, 0.15) is 5.82 Å². The first kappa shape index (κ1) is 17.7. The molecule has 0 spiro atoms. The third kappa shape index (κ3) is 2.39. The predicted molar refractivity (Wildman–Crippen MR) is 101 cm³/mol. The van der Waals surface area contributed by atoms with Gasteiger partial charge in [-0.05, 0) is 62.0 Å². The van der Waals surface area contributed by atoms with Crippen molar-refractivity contribution in [2.75, 3.05) is 6.54 Å². The highest BCUT2D eigenvalue weighted by atomic mass is 19.1. The summed E-state index contributed by atoms with van der Waals surface area (Å²) in [6, 6.07) is 6.21. The fraction of sp³-hybridized carbons (Fsp3) is 0.667. The predicted octanol–water partition coefficient (Wildman–Crippen LogP) is 3.70. The van der Waals surface area contributed by atoms with Crippen LogP contribution in [0.4, 0.5) is 4.39 Å². The van der Waals surface area contributed by atoms with E-state index >= 15 is 0 Å². The largest absolute Gasteiger partial charge is 0.481 e. The molecule has 2 saturated heterocycles. The molecular formula is C21H27BFNO3. The molecule has 2 heterocycles. The smallest absolute Gasteiger partial charge is 0.404 e. The van der Waals surface area contributed by atoms with E-state index in [1.165, 1.54) is 12.5 Å². The van der Waals surface area contributed by atoms with E-state index in [0.717, 1.165) is 19.3 Å². The molecular weight excluding hydrogens is 344 g/mol. The van der Waals surface area contributed by atoms with Crippen molar-refractivity contribution in [3.05, 3.63) is 35.6 Å². The number of amides is 1. The van der Waals surface area contributed by atoms with Crippen molar-refractivity contribution in [1.29, 1.82) is 0 Å². The Bertz CT molecular complexity index is 786. The van der Waals surface area contributed by atoms with Crippen molar-refractivity contribution in [3.63, 3.8) is 0 Å². The molecule has 27 heavy (non-hydrogen) atoms. The molecule has 0 N–H and O–H groups in total. The number of hydrogen-bond donors (Lipinski definition) is 0. The van der Waals surface area contributed by atoms with Crippen molar-refractivity contribution in [2.45, 2.75) is 64.1 Å². The Morgan fingerprint density at radius 3 is 2.78 bits per heavy atom. The minimum Gasteiger partial charge on any atom is -0.404 e. The Hall–Kier alpha value is -1.40. The van der Waals surface area contributed by atoms with Crippen molar-refractivity contribution in [1.82, 2.24) is 4.90 Å². The average molecular weight is 371 g/mol. The molecule has 0 radical (unpaired) electrons. The zero-order chi connectivity index (χ0) is 19.0. The number of hydrogen-bond acceptors (Lipinski definition) is 3. The number of rotatable bonds is 2. The summed E-state index contributed by atoms with van der Waals surface area (Å²) in [6.07, 6.45) is 4.08. The third-order valence-corrected chi connectivity index (χ3v) is 7.95. The van der Waals surface area contributed by atoms with Crippen LogP contribution in [0.15, 0.2) is 24.3 Å². The molecule has 2 aliphatic heterocycles. The summed E-state index contributed by atoms with van der Waals surface area (Å²) >= 11 is 0. The molecule has 6 heteroatoms. The lowest BCUT2D eigenvalue weighted by atomic mass is 9.43. The van der Waals surface area contributed by atoms with Gasteiger partial charge in [-0.3, -0.25) is 4.79 Å². The van der Waals surface area contributed by atoms with Crippen LogP contribution in [0.1, 0.15) is 56.8 Å². The van der Waals surface area contributed by atoms with Crippen LogP contribution in [0.2, 0.25) is 0 Å². The van der Waals surface area contributed by atoms with Crippen molar-refractivity contribution >= 4 is 13.0 Å². The first-order valence-corrected chi connectivity index (χ1v) is 10.2. The van der Waals surface area contributed by atoms with Gasteiger partial charge < -0.3 is 14.2 Å². The Morgan fingerprint density at radius 1 is 1.26 bits per heavy atom. The molecule has 1 aromatic carbocycles. The molecule has 144 valence electrons. The van der Waals surface area contributed by atoms with Gasteiger partial charge in [0.15, 0.2) is 0 Å². The summed E-state index contributed by atoms with van der Waals surface area (Å²) in [5.41, 5.74) is 0.148. The highest BCUT2D eigenvalue weighted by molar-refractivity contribution is 6.48. The first-order valence-electron chi connectivity index (χ1n) is 10.2. The van der Waals surface area contributed by atoms with Crippen LogP contribution in [0.25, 0.3) is 0 Å². The van der Waals surface area contributed by atoms with Crippen LogP contribution in [0.5, 0.6) is 0 Å². The van der Waals surface area contributed by atoms with Crippen LogP contribution >= 0.6 is 0 Å². The molecule has 2 bridgehead atoms. The van der Waals surface area contributed by atoms with Crippen LogP contribution < -0.4 is 0 Å². The normalized spacial score (nSPS) is 39.3. The summed E-state index contributed by atoms with van der Waals surface area (Å²) < 4.78 is 27.1. The molecule has 5 fully saturated rings. The fourth-order valence-corrected chi connectivity index (χ4v) is 6.18. The van der Waals surface area contributed by atoms with Crippen molar-refractivity contribution in [3.8, 4) is 0 Å². The Labute approximate surface area is 160 Å². The molecule has 1 amide bonds. The van der Waals surface area contributed by atoms with E-state index in [4.69, 9.17) is 9.31 Å². The summed E-state index contributed by atoms with van der Waals surface area (Å²) in [5, 5.41) is 0. The van der Waals surface area contributed by atoms with Gasteiger partial charge in [-0.1, -0.05) is 26.0 Å². The van der Waals surface area contributed by atoms with Gasteiger partial charge in [0, 0.05) is 6.54 Å². The molecule has 3 aliphatic carbocycles. The van der Waals surface area contributed by atoms with Gasteiger partial charge in [0.2, 0.25) is 0 Å². The molecule has 0 aromatic heterocycles. The zero-order valence-corrected chi connectivity index (χ0v) is 16.3. The third-order valence-electron chi connectivity index (χ3n) is 7.95. The Kier molecular flexibility index (Phi) is 3.80. The van der Waals surface area contributed by atoms with Crippen molar-refractivity contribution in [2.24, 2.45) is 17.3 Å². The lowest BCUT2D eigenvalue weighted by molar-refractivity contribution is -0.199. The lowest BCUT2D eigenvalue weighted by Gasteiger charge is -2.64. The number of carbonyl (C=O) groups is 1. The van der Waals surface area contributed by atoms with Gasteiger partial charge >= 0.3 is 7.12 Å². The number of carbonyl (C=O) groups excluding carboxylic acids is 1. The summed E-state index contributed by atoms with van der Waals surface area (Å²) in [6.45, 7) is 7.50. The number of nitrogens with zero attached hydrogens (tertiary/aromatic N) is 1. The van der Waals surface area contributed by atoms with E-state index in [1.807, 2.05) is 0 Å². The molecule has 3 saturated carbocycles. The fourth-order valence-electron chi connectivity index (χ4n) is 6.18. The second-order valence-electron chi connectivity index (χ2n) is 9.53. The van der Waals surface area contributed by atoms with Gasteiger partial charge in [-0.25, -0.2) is 4.39 Å². The Morgan fingerprint density at radius 2 is 2.04 bits per heavy atom. The maximum absolute atomic E-state index is 14.1. The summed E-state index contributed by atoms with van der Waals surface area (Å²) in [7, 11) is -0.409. The Balaban J connectivity index is 1.38. The van der Waals surface area contributed by atoms with Crippen LogP contribution in [-0.4, -0.2) is 42.1 Å². The summed E-state index contributed by atoms with van der Waals surface area (Å²) in [5.74, 6) is 0.329. The average Bonchev–Trinajstić information content (AvgIpc) is 3.24. The van der Waals surface area contributed by atoms with Crippen LogP contribution in [-0.2, 0) is 9.31 Å². The SMILES string of the molecule is CC1(C)[C@@H]2C[C@H]3OB([C@@H]4CCCN4C(=O)c4ccccc4F)O[C@@]3(C)[C@H]1C2. The van der Waals surface area contributed by atoms with E-state index in [9.17, 15) is 9.18 Å². The monoisotopic (exact) mass is 371 g/mol. The van der Waals surface area contributed by atoms with Gasteiger partial charge in [0.25, 0.3) is 5.91 Å². The van der Waals surface area contributed by atoms with E-state index in [2.05, 4.69) is 20.8 Å². The lowest BCUT2D eigenvalue weighted by Crippen LogP contribution is -2.65. The van der Waals surface area contributed by atoms with Crippen LogP contribution in [0, 0.1) is 23.1 Å². The summed E-state index contributed by atoms with van der Waals surface area (Å²) in [4.78, 5) is 14.7. The van der Waals surface area contributed by atoms with Gasteiger partial charge in [-0.2, -0.15) is 0 Å². The second kappa shape index (κ2) is 5.80. The van der Waals surface area contributed by atoms with E-state index < -0.39 is 12.9 Å². The quantitative estimate of drug-likeness (QED) is 0.745. The van der Waals surface area contributed by atoms with E-state index in [-0.39, 0.29) is 29.1 Å². The van der Waals surface area contributed by atoms with E-state index in [0.29, 0.717) is 23.8 Å². The highest BCUT2D eigenvalue weighted by Gasteiger charge is 2.69. The minimum atomic E-state index is -0.468. The molecule has 5 aliphatic rings. The van der Waals surface area contributed by atoms with Crippen molar-refractivity contribution < 1.29 is 18.5 Å². The van der Waals surface area contributed by atoms with E-state index in [1.54, 1.807) is 23.1 Å². The standard InChI is InChI=1S/C21H27BFNO3/c1-20(2)13-11-16(20)21(3)17(12-13)26-22(27-21)18-9-6-10-24(18)19(25)14-7-4-5-8-15(14)23/h4-5,7-8,13,16-18H,6,9-12H2,1-3H3/t13-,16-,17+,18-,21-/m0/s1. The molecule has 1 aromatic rings. The van der Waals surface area contributed by atoms with Gasteiger partial charge in [-0.15, -0.1) is 0 Å². The first-order chi connectivity index (χ1) is 12.8. The second-order valence-corrected chi connectivity index (χ2v) is 9.53. The zero-order valence-electron chi connectivity index (χ0n) is 16.3.